The molecule has 0 bridgehead atoms. The molecule has 18 heavy (non-hydrogen) atoms. The second-order valence-electron chi connectivity index (χ2n) is 4.59. The van der Waals surface area contributed by atoms with Crippen molar-refractivity contribution in [3.63, 3.8) is 0 Å². The summed E-state index contributed by atoms with van der Waals surface area (Å²) in [5.41, 5.74) is 8.51. The Kier molecular flexibility index (Phi) is 2.76. The predicted octanol–water partition coefficient (Wildman–Crippen LogP) is 1.38. The van der Waals surface area contributed by atoms with Crippen LogP contribution in [0.15, 0.2) is 30.5 Å². The zero-order valence-corrected chi connectivity index (χ0v) is 10.3. The van der Waals surface area contributed by atoms with E-state index in [9.17, 15) is 0 Å². The van der Waals surface area contributed by atoms with E-state index in [1.165, 1.54) is 5.56 Å². The molecule has 0 spiro atoms. The smallest absolute Gasteiger partial charge is 0.122 e. The zero-order chi connectivity index (χ0) is 12.5. The Morgan fingerprint density at radius 2 is 2.28 bits per heavy atom. The molecule has 5 nitrogen and oxygen atoms in total. The van der Waals surface area contributed by atoms with E-state index in [2.05, 4.69) is 16.4 Å². The number of nitrogens with zero attached hydrogens (tertiary/aromatic N) is 3. The monoisotopic (exact) mass is 244 g/mol. The number of fused-ring (bicyclic) bond motifs is 1. The van der Waals surface area contributed by atoms with Crippen molar-refractivity contribution in [1.29, 1.82) is 0 Å². The molecule has 1 aromatic heterocycles. The molecule has 1 aliphatic heterocycles. The number of nitrogens with two attached hydrogens (primary N) is 1. The molecule has 2 heterocycles. The van der Waals surface area contributed by atoms with Gasteiger partial charge in [-0.2, -0.15) is 0 Å². The van der Waals surface area contributed by atoms with Crippen LogP contribution in [0.4, 0.5) is 0 Å². The van der Waals surface area contributed by atoms with Crippen molar-refractivity contribution < 1.29 is 4.74 Å². The van der Waals surface area contributed by atoms with Gasteiger partial charge in [-0.05, 0) is 18.1 Å². The maximum Gasteiger partial charge on any atom is 0.122 e. The van der Waals surface area contributed by atoms with Crippen molar-refractivity contribution in [2.75, 3.05) is 6.61 Å². The summed E-state index contributed by atoms with van der Waals surface area (Å²) in [4.78, 5) is 0. The van der Waals surface area contributed by atoms with Crippen molar-refractivity contribution in [2.45, 2.75) is 18.4 Å². The molecule has 2 N–H and O–H groups in total. The molecule has 0 saturated heterocycles. The van der Waals surface area contributed by atoms with E-state index < -0.39 is 0 Å². The highest BCUT2D eigenvalue weighted by atomic mass is 16.5. The number of aryl methyl sites for hydroxylation is 1. The van der Waals surface area contributed by atoms with Crippen molar-refractivity contribution in [3.05, 3.63) is 41.7 Å². The third-order valence-corrected chi connectivity index (χ3v) is 3.53. The number of benzene rings is 1. The second-order valence-corrected chi connectivity index (χ2v) is 4.59. The Hall–Kier alpha value is -1.88. The van der Waals surface area contributed by atoms with Gasteiger partial charge >= 0.3 is 0 Å². The summed E-state index contributed by atoms with van der Waals surface area (Å²) in [7, 11) is 1.87. The van der Waals surface area contributed by atoms with E-state index in [0.717, 1.165) is 17.9 Å². The maximum atomic E-state index is 6.37. The zero-order valence-electron chi connectivity index (χ0n) is 10.3. The molecule has 2 aromatic rings. The third-order valence-electron chi connectivity index (χ3n) is 3.53. The van der Waals surface area contributed by atoms with E-state index in [0.29, 0.717) is 6.61 Å². The number of ether oxygens (including phenoxy) is 1. The number of hydrogen-bond donors (Lipinski definition) is 1. The van der Waals surface area contributed by atoms with Crippen LogP contribution in [-0.2, 0) is 7.05 Å². The molecule has 2 unspecified atom stereocenters. The highest BCUT2D eigenvalue weighted by Gasteiger charge is 2.29. The first-order valence-corrected chi connectivity index (χ1v) is 6.09. The van der Waals surface area contributed by atoms with Crippen LogP contribution in [0.2, 0.25) is 0 Å². The molecule has 0 radical (unpaired) electrons. The summed E-state index contributed by atoms with van der Waals surface area (Å²) in [5, 5.41) is 7.84. The van der Waals surface area contributed by atoms with Gasteiger partial charge in [-0.15, -0.1) is 5.10 Å². The van der Waals surface area contributed by atoms with Crippen molar-refractivity contribution in [2.24, 2.45) is 12.8 Å². The van der Waals surface area contributed by atoms with Crippen LogP contribution in [-0.4, -0.2) is 21.6 Å². The first-order valence-electron chi connectivity index (χ1n) is 6.09. The van der Waals surface area contributed by atoms with Gasteiger partial charge in [0.1, 0.15) is 5.75 Å². The van der Waals surface area contributed by atoms with Crippen LogP contribution < -0.4 is 10.5 Å². The minimum absolute atomic E-state index is 0.102. The molecule has 5 heteroatoms. The molecule has 1 aliphatic rings. The van der Waals surface area contributed by atoms with Crippen molar-refractivity contribution in [1.82, 2.24) is 15.0 Å². The van der Waals surface area contributed by atoms with E-state index in [-0.39, 0.29) is 12.0 Å². The Morgan fingerprint density at radius 1 is 1.44 bits per heavy atom. The molecule has 0 aliphatic carbocycles. The Labute approximate surface area is 106 Å². The number of hydrogen-bond acceptors (Lipinski definition) is 4. The lowest BCUT2D eigenvalue weighted by molar-refractivity contribution is 0.254. The Balaban J connectivity index is 1.97. The first kappa shape index (κ1) is 11.2. The molecule has 1 aromatic carbocycles. The standard InChI is InChI=1S/C13H16N4O/c1-17-11(8-15-16-17)13(14)10-6-7-18-12-5-3-2-4-9(10)12/h2-5,8,10,13H,6-7,14H2,1H3. The summed E-state index contributed by atoms with van der Waals surface area (Å²) in [5.74, 6) is 1.20. The lowest BCUT2D eigenvalue weighted by Crippen LogP contribution is -2.27. The molecule has 94 valence electrons. The summed E-state index contributed by atoms with van der Waals surface area (Å²) >= 11 is 0. The van der Waals surface area contributed by atoms with Gasteiger partial charge in [0.15, 0.2) is 0 Å². The Bertz CT molecular complexity index is 551. The van der Waals surface area contributed by atoms with Gasteiger partial charge in [0.2, 0.25) is 0 Å². The molecule has 3 rings (SSSR count). The van der Waals surface area contributed by atoms with Crippen molar-refractivity contribution >= 4 is 0 Å². The van der Waals surface area contributed by atoms with Crippen LogP contribution in [0.25, 0.3) is 0 Å². The minimum Gasteiger partial charge on any atom is -0.493 e. The third kappa shape index (κ3) is 1.76. The quantitative estimate of drug-likeness (QED) is 0.866. The molecule has 0 saturated carbocycles. The maximum absolute atomic E-state index is 6.37. The molecular formula is C13H16N4O. The lowest BCUT2D eigenvalue weighted by Gasteiger charge is -2.29. The summed E-state index contributed by atoms with van der Waals surface area (Å²) in [6.45, 7) is 0.709. The summed E-state index contributed by atoms with van der Waals surface area (Å²) in [6, 6.07) is 7.99. The highest BCUT2D eigenvalue weighted by Crippen LogP contribution is 2.39. The van der Waals surface area contributed by atoms with Crippen LogP contribution in [0.5, 0.6) is 5.75 Å². The fourth-order valence-corrected chi connectivity index (χ4v) is 2.55. The van der Waals surface area contributed by atoms with Crippen LogP contribution >= 0.6 is 0 Å². The topological polar surface area (TPSA) is 66.0 Å². The average molecular weight is 244 g/mol. The van der Waals surface area contributed by atoms with Gasteiger partial charge < -0.3 is 10.5 Å². The normalized spacial score (nSPS) is 20.0. The predicted molar refractivity (Wildman–Crippen MR) is 67.2 cm³/mol. The first-order chi connectivity index (χ1) is 8.77. The highest BCUT2D eigenvalue weighted by molar-refractivity contribution is 5.39. The van der Waals surface area contributed by atoms with Gasteiger partial charge in [0.05, 0.1) is 24.5 Å². The number of aromatic nitrogens is 3. The van der Waals surface area contributed by atoms with E-state index >= 15 is 0 Å². The largest absolute Gasteiger partial charge is 0.493 e. The lowest BCUT2D eigenvalue weighted by atomic mass is 9.86. The van der Waals surface area contributed by atoms with Crippen LogP contribution in [0.1, 0.15) is 29.6 Å². The second kappa shape index (κ2) is 4.42. The van der Waals surface area contributed by atoms with E-state index in [1.807, 2.05) is 25.2 Å². The Morgan fingerprint density at radius 3 is 3.06 bits per heavy atom. The average Bonchev–Trinajstić information content (AvgIpc) is 2.83. The number of para-hydroxylation sites is 1. The van der Waals surface area contributed by atoms with Crippen LogP contribution in [0, 0.1) is 0 Å². The number of rotatable bonds is 2. The SMILES string of the molecule is Cn1nncc1C(N)C1CCOc2ccccc21. The minimum atomic E-state index is -0.102. The van der Waals surface area contributed by atoms with E-state index in [4.69, 9.17) is 10.5 Å². The van der Waals surface area contributed by atoms with Crippen molar-refractivity contribution in [3.8, 4) is 5.75 Å². The van der Waals surface area contributed by atoms with E-state index in [1.54, 1.807) is 10.9 Å². The fourth-order valence-electron chi connectivity index (χ4n) is 2.55. The summed E-state index contributed by atoms with van der Waals surface area (Å²) < 4.78 is 7.40. The molecule has 2 atom stereocenters. The van der Waals surface area contributed by atoms with Crippen LogP contribution in [0.3, 0.4) is 0 Å². The fraction of sp³-hybridized carbons (Fsp3) is 0.385. The molecule has 0 fully saturated rings. The van der Waals surface area contributed by atoms with Gasteiger partial charge in [-0.1, -0.05) is 23.4 Å². The van der Waals surface area contributed by atoms with Gasteiger partial charge in [-0.25, -0.2) is 0 Å². The van der Waals surface area contributed by atoms with Gasteiger partial charge in [0.25, 0.3) is 0 Å². The molecule has 0 amide bonds. The molecular weight excluding hydrogens is 228 g/mol. The summed E-state index contributed by atoms with van der Waals surface area (Å²) in [6.07, 6.45) is 2.66. The van der Waals surface area contributed by atoms with Gasteiger partial charge in [0, 0.05) is 13.0 Å². The van der Waals surface area contributed by atoms with Gasteiger partial charge in [-0.3, -0.25) is 4.68 Å².